The number of rotatable bonds is 3. The number of ether oxygens (including phenoxy) is 1. The summed E-state index contributed by atoms with van der Waals surface area (Å²) in [6.07, 6.45) is -2.65. The normalized spacial score (nSPS) is 16.2. The Labute approximate surface area is 100 Å². The fourth-order valence-corrected chi connectivity index (χ4v) is 1.52. The standard InChI is InChI=1S/C10H11F3N2O3/c11-10(12,13)5-17-9(16)14-8-4-7(18-15-8)6-2-1-3-6/h4,6H,1-3,5H2,(H,14,15,16). The third kappa shape index (κ3) is 3.38. The van der Waals surface area contributed by atoms with Crippen molar-refractivity contribution >= 4 is 11.9 Å². The van der Waals surface area contributed by atoms with Crippen LogP contribution in [0, 0.1) is 0 Å². The molecule has 1 N–H and O–H groups in total. The largest absolute Gasteiger partial charge is 0.440 e. The zero-order valence-electron chi connectivity index (χ0n) is 9.29. The molecule has 0 unspecified atom stereocenters. The van der Waals surface area contributed by atoms with Crippen LogP contribution in [0.4, 0.5) is 23.8 Å². The maximum Gasteiger partial charge on any atom is 0.422 e. The van der Waals surface area contributed by atoms with Crippen LogP contribution in [0.5, 0.6) is 0 Å². The summed E-state index contributed by atoms with van der Waals surface area (Å²) in [7, 11) is 0. The lowest BCUT2D eigenvalue weighted by atomic mass is 9.84. The number of nitrogens with one attached hydrogen (secondary N) is 1. The third-order valence-electron chi connectivity index (χ3n) is 2.63. The average Bonchev–Trinajstić information content (AvgIpc) is 2.59. The van der Waals surface area contributed by atoms with Crippen molar-refractivity contribution in [3.05, 3.63) is 11.8 Å². The van der Waals surface area contributed by atoms with E-state index < -0.39 is 18.9 Å². The van der Waals surface area contributed by atoms with Crippen LogP contribution < -0.4 is 5.32 Å². The fraction of sp³-hybridized carbons (Fsp3) is 0.600. The van der Waals surface area contributed by atoms with Gasteiger partial charge in [-0.1, -0.05) is 11.6 Å². The molecular formula is C10H11F3N2O3. The quantitative estimate of drug-likeness (QED) is 0.911. The number of amides is 1. The summed E-state index contributed by atoms with van der Waals surface area (Å²) < 4.78 is 44.3. The fourth-order valence-electron chi connectivity index (χ4n) is 1.52. The highest BCUT2D eigenvalue weighted by Gasteiger charge is 2.30. The van der Waals surface area contributed by atoms with E-state index in [2.05, 4.69) is 15.2 Å². The van der Waals surface area contributed by atoms with Crippen LogP contribution in [0.3, 0.4) is 0 Å². The highest BCUT2D eigenvalue weighted by Crippen LogP contribution is 2.37. The molecule has 2 rings (SSSR count). The van der Waals surface area contributed by atoms with Crippen LogP contribution in [0.25, 0.3) is 0 Å². The molecule has 1 aromatic heterocycles. The molecule has 1 saturated carbocycles. The monoisotopic (exact) mass is 264 g/mol. The van der Waals surface area contributed by atoms with E-state index in [4.69, 9.17) is 4.52 Å². The van der Waals surface area contributed by atoms with Crippen molar-refractivity contribution in [2.24, 2.45) is 0 Å². The number of anilines is 1. The molecule has 0 aromatic carbocycles. The van der Waals surface area contributed by atoms with E-state index in [9.17, 15) is 18.0 Å². The molecule has 8 heteroatoms. The maximum atomic E-state index is 11.8. The van der Waals surface area contributed by atoms with Crippen LogP contribution in [0.1, 0.15) is 30.9 Å². The number of alkyl halides is 3. The topological polar surface area (TPSA) is 64.4 Å². The Morgan fingerprint density at radius 1 is 1.56 bits per heavy atom. The van der Waals surface area contributed by atoms with Gasteiger partial charge >= 0.3 is 12.3 Å². The smallest absolute Gasteiger partial charge is 0.422 e. The van der Waals surface area contributed by atoms with Crippen molar-refractivity contribution in [2.45, 2.75) is 31.4 Å². The molecule has 5 nitrogen and oxygen atoms in total. The average molecular weight is 264 g/mol. The number of carbonyl (C=O) groups excluding carboxylic acids is 1. The summed E-state index contributed by atoms with van der Waals surface area (Å²) in [6, 6.07) is 1.50. The maximum absolute atomic E-state index is 11.8. The molecule has 0 bridgehead atoms. The van der Waals surface area contributed by atoms with Crippen LogP contribution in [0.2, 0.25) is 0 Å². The molecule has 0 radical (unpaired) electrons. The van der Waals surface area contributed by atoms with Gasteiger partial charge in [-0.3, -0.25) is 5.32 Å². The Kier molecular flexibility index (Phi) is 3.44. The summed E-state index contributed by atoms with van der Waals surface area (Å²) in [6.45, 7) is -1.63. The molecule has 1 fully saturated rings. The van der Waals surface area contributed by atoms with Gasteiger partial charge in [0, 0.05) is 12.0 Å². The zero-order chi connectivity index (χ0) is 13.2. The van der Waals surface area contributed by atoms with Gasteiger partial charge in [-0.05, 0) is 12.8 Å². The Bertz CT molecular complexity index is 426. The van der Waals surface area contributed by atoms with E-state index in [1.807, 2.05) is 0 Å². The van der Waals surface area contributed by atoms with Crippen molar-refractivity contribution < 1.29 is 27.2 Å². The van der Waals surface area contributed by atoms with Gasteiger partial charge in [-0.25, -0.2) is 4.79 Å². The van der Waals surface area contributed by atoms with E-state index in [1.54, 1.807) is 0 Å². The van der Waals surface area contributed by atoms with Crippen LogP contribution in [-0.2, 0) is 4.74 Å². The highest BCUT2D eigenvalue weighted by atomic mass is 19.4. The first-order valence-electron chi connectivity index (χ1n) is 5.41. The summed E-state index contributed by atoms with van der Waals surface area (Å²) in [4.78, 5) is 11.0. The molecule has 0 atom stereocenters. The Hall–Kier alpha value is -1.73. The molecule has 1 heterocycles. The van der Waals surface area contributed by atoms with E-state index in [-0.39, 0.29) is 5.82 Å². The first kappa shape index (κ1) is 12.7. The molecule has 0 aliphatic heterocycles. The first-order chi connectivity index (χ1) is 8.44. The summed E-state index contributed by atoms with van der Waals surface area (Å²) in [5.41, 5.74) is 0. The molecule has 1 amide bonds. The Morgan fingerprint density at radius 2 is 2.28 bits per heavy atom. The lowest BCUT2D eigenvalue weighted by Crippen LogP contribution is -2.23. The van der Waals surface area contributed by atoms with Gasteiger partial charge in [0.2, 0.25) is 0 Å². The summed E-state index contributed by atoms with van der Waals surface area (Å²) >= 11 is 0. The minimum Gasteiger partial charge on any atom is -0.440 e. The minimum atomic E-state index is -4.54. The molecule has 0 saturated heterocycles. The summed E-state index contributed by atoms with van der Waals surface area (Å²) in [5.74, 6) is 0.982. The van der Waals surface area contributed by atoms with Gasteiger partial charge < -0.3 is 9.26 Å². The molecule has 0 spiro atoms. The SMILES string of the molecule is O=C(Nc1cc(C2CCC2)on1)OCC(F)(F)F. The lowest BCUT2D eigenvalue weighted by molar-refractivity contribution is -0.159. The molecule has 1 aliphatic rings. The van der Waals surface area contributed by atoms with Crippen molar-refractivity contribution in [3.63, 3.8) is 0 Å². The first-order valence-corrected chi connectivity index (χ1v) is 5.41. The molecule has 100 valence electrons. The number of nitrogens with zero attached hydrogens (tertiary/aromatic N) is 1. The number of hydrogen-bond donors (Lipinski definition) is 1. The molecule has 1 aliphatic carbocycles. The second-order valence-corrected chi connectivity index (χ2v) is 4.06. The molecule has 1 aromatic rings. The number of hydrogen-bond acceptors (Lipinski definition) is 4. The second-order valence-electron chi connectivity index (χ2n) is 4.06. The second kappa shape index (κ2) is 4.87. The van der Waals surface area contributed by atoms with Crippen LogP contribution >= 0.6 is 0 Å². The lowest BCUT2D eigenvalue weighted by Gasteiger charge is -2.21. The Morgan fingerprint density at radius 3 is 2.83 bits per heavy atom. The predicted octanol–water partition coefficient (Wildman–Crippen LogP) is 3.05. The summed E-state index contributed by atoms with van der Waals surface area (Å²) in [5, 5.41) is 5.61. The van der Waals surface area contributed by atoms with Crippen molar-refractivity contribution in [1.82, 2.24) is 5.16 Å². The van der Waals surface area contributed by atoms with Gasteiger partial charge in [0.25, 0.3) is 0 Å². The van der Waals surface area contributed by atoms with E-state index in [0.29, 0.717) is 11.7 Å². The minimum absolute atomic E-state index is 0.0593. The van der Waals surface area contributed by atoms with Crippen LogP contribution in [-0.4, -0.2) is 24.0 Å². The zero-order valence-corrected chi connectivity index (χ0v) is 9.29. The number of carbonyl (C=O) groups is 1. The van der Waals surface area contributed by atoms with E-state index >= 15 is 0 Å². The highest BCUT2D eigenvalue weighted by molar-refractivity contribution is 5.83. The van der Waals surface area contributed by atoms with Crippen molar-refractivity contribution in [3.8, 4) is 0 Å². The molecular weight excluding hydrogens is 253 g/mol. The number of aromatic nitrogens is 1. The van der Waals surface area contributed by atoms with Gasteiger partial charge in [-0.2, -0.15) is 13.2 Å². The van der Waals surface area contributed by atoms with Crippen molar-refractivity contribution in [2.75, 3.05) is 11.9 Å². The van der Waals surface area contributed by atoms with Gasteiger partial charge in [0.1, 0.15) is 5.76 Å². The Balaban J connectivity index is 1.81. The van der Waals surface area contributed by atoms with Gasteiger partial charge in [-0.15, -0.1) is 0 Å². The van der Waals surface area contributed by atoms with Crippen molar-refractivity contribution in [1.29, 1.82) is 0 Å². The number of halogens is 3. The van der Waals surface area contributed by atoms with E-state index in [0.717, 1.165) is 19.3 Å². The van der Waals surface area contributed by atoms with Gasteiger partial charge in [0.05, 0.1) is 0 Å². The van der Waals surface area contributed by atoms with Gasteiger partial charge in [0.15, 0.2) is 12.4 Å². The van der Waals surface area contributed by atoms with E-state index in [1.165, 1.54) is 6.07 Å². The molecule has 18 heavy (non-hydrogen) atoms. The predicted molar refractivity (Wildman–Crippen MR) is 54.1 cm³/mol. The third-order valence-corrected chi connectivity index (χ3v) is 2.63. The van der Waals surface area contributed by atoms with Crippen LogP contribution in [0.15, 0.2) is 10.6 Å².